The van der Waals surface area contributed by atoms with Gasteiger partial charge < -0.3 is 10.4 Å². The standard InChI is InChI=1S/C19H19N3O2/c1-14-7-9-16(10-8-14)22-13-17(19(24)20-11-12-23)18(21-22)15-5-3-2-4-6-15/h2-10,13,23H,11-12H2,1H3,(H,20,24). The van der Waals surface area contributed by atoms with Crippen molar-refractivity contribution in [2.24, 2.45) is 0 Å². The number of hydrogen-bond acceptors (Lipinski definition) is 3. The van der Waals surface area contributed by atoms with Crippen molar-refractivity contribution in [2.45, 2.75) is 6.92 Å². The lowest BCUT2D eigenvalue weighted by Gasteiger charge is -2.03. The van der Waals surface area contributed by atoms with Crippen LogP contribution in [0.15, 0.2) is 60.8 Å². The van der Waals surface area contributed by atoms with Crippen molar-refractivity contribution in [3.05, 3.63) is 71.9 Å². The summed E-state index contributed by atoms with van der Waals surface area (Å²) in [4.78, 5) is 12.4. The van der Waals surface area contributed by atoms with E-state index in [1.165, 1.54) is 0 Å². The van der Waals surface area contributed by atoms with Crippen molar-refractivity contribution in [3.8, 4) is 16.9 Å². The highest BCUT2D eigenvalue weighted by Crippen LogP contribution is 2.23. The first-order valence-electron chi connectivity index (χ1n) is 7.80. The second-order valence-corrected chi connectivity index (χ2v) is 5.52. The minimum atomic E-state index is -0.249. The zero-order valence-corrected chi connectivity index (χ0v) is 13.4. The van der Waals surface area contributed by atoms with Crippen molar-refractivity contribution in [1.29, 1.82) is 0 Å². The van der Waals surface area contributed by atoms with Gasteiger partial charge in [-0.15, -0.1) is 0 Å². The van der Waals surface area contributed by atoms with Crippen LogP contribution in [0.4, 0.5) is 0 Å². The van der Waals surface area contributed by atoms with Crippen LogP contribution in [0.5, 0.6) is 0 Å². The molecular formula is C19H19N3O2. The number of aliphatic hydroxyl groups excluding tert-OH is 1. The molecule has 0 saturated heterocycles. The molecule has 1 aromatic heterocycles. The molecule has 2 N–H and O–H groups in total. The van der Waals surface area contributed by atoms with Gasteiger partial charge in [0, 0.05) is 18.3 Å². The van der Waals surface area contributed by atoms with Crippen LogP contribution in [-0.4, -0.2) is 33.9 Å². The van der Waals surface area contributed by atoms with Crippen LogP contribution in [0.2, 0.25) is 0 Å². The molecule has 0 radical (unpaired) electrons. The Bertz CT molecular complexity index is 824. The molecule has 122 valence electrons. The molecule has 3 rings (SSSR count). The molecule has 0 spiro atoms. The molecule has 5 heteroatoms. The van der Waals surface area contributed by atoms with Gasteiger partial charge in [0.1, 0.15) is 5.69 Å². The summed E-state index contributed by atoms with van der Waals surface area (Å²) in [6, 6.07) is 17.5. The Morgan fingerprint density at radius 1 is 1.12 bits per heavy atom. The van der Waals surface area contributed by atoms with Gasteiger partial charge in [-0.1, -0.05) is 48.0 Å². The summed E-state index contributed by atoms with van der Waals surface area (Å²) in [7, 11) is 0. The van der Waals surface area contributed by atoms with E-state index in [2.05, 4.69) is 10.4 Å². The lowest BCUT2D eigenvalue weighted by Crippen LogP contribution is -2.26. The van der Waals surface area contributed by atoms with Crippen molar-refractivity contribution in [2.75, 3.05) is 13.2 Å². The highest BCUT2D eigenvalue weighted by molar-refractivity contribution is 5.99. The first-order chi connectivity index (χ1) is 11.7. The molecular weight excluding hydrogens is 302 g/mol. The second-order valence-electron chi connectivity index (χ2n) is 5.52. The van der Waals surface area contributed by atoms with Gasteiger partial charge in [0.15, 0.2) is 0 Å². The fraction of sp³-hybridized carbons (Fsp3) is 0.158. The van der Waals surface area contributed by atoms with Crippen molar-refractivity contribution in [1.82, 2.24) is 15.1 Å². The number of carbonyl (C=O) groups is 1. The fourth-order valence-corrected chi connectivity index (χ4v) is 2.44. The molecule has 0 bridgehead atoms. The number of aryl methyl sites for hydroxylation is 1. The number of nitrogens with one attached hydrogen (secondary N) is 1. The average molecular weight is 321 g/mol. The van der Waals surface area contributed by atoms with Crippen LogP contribution < -0.4 is 5.32 Å². The van der Waals surface area contributed by atoms with Gasteiger partial charge in [-0.3, -0.25) is 4.79 Å². The Hall–Kier alpha value is -2.92. The number of aromatic nitrogens is 2. The molecule has 0 fully saturated rings. The van der Waals surface area contributed by atoms with Crippen LogP contribution in [-0.2, 0) is 0 Å². The van der Waals surface area contributed by atoms with Gasteiger partial charge in [0.2, 0.25) is 0 Å². The van der Waals surface area contributed by atoms with Crippen molar-refractivity contribution < 1.29 is 9.90 Å². The van der Waals surface area contributed by atoms with E-state index in [0.29, 0.717) is 11.3 Å². The van der Waals surface area contributed by atoms with Gasteiger partial charge in [-0.2, -0.15) is 5.10 Å². The van der Waals surface area contributed by atoms with E-state index in [0.717, 1.165) is 16.8 Å². The largest absolute Gasteiger partial charge is 0.395 e. The van der Waals surface area contributed by atoms with Crippen molar-refractivity contribution >= 4 is 5.91 Å². The maximum Gasteiger partial charge on any atom is 0.255 e. The van der Waals surface area contributed by atoms with E-state index < -0.39 is 0 Å². The minimum Gasteiger partial charge on any atom is -0.395 e. The van der Waals surface area contributed by atoms with Gasteiger partial charge in [-0.25, -0.2) is 4.68 Å². The summed E-state index contributed by atoms with van der Waals surface area (Å²) >= 11 is 0. The predicted octanol–water partition coefficient (Wildman–Crippen LogP) is 2.57. The summed E-state index contributed by atoms with van der Waals surface area (Å²) in [5.41, 5.74) is 4.02. The molecule has 24 heavy (non-hydrogen) atoms. The summed E-state index contributed by atoms with van der Waals surface area (Å²) < 4.78 is 1.70. The van der Waals surface area contributed by atoms with Crippen LogP contribution in [0, 0.1) is 6.92 Å². The molecule has 0 atom stereocenters. The van der Waals surface area contributed by atoms with E-state index >= 15 is 0 Å². The van der Waals surface area contributed by atoms with Gasteiger partial charge in [0.05, 0.1) is 17.9 Å². The number of amides is 1. The van der Waals surface area contributed by atoms with Crippen LogP contribution in [0.3, 0.4) is 0 Å². The zero-order valence-electron chi connectivity index (χ0n) is 13.4. The molecule has 5 nitrogen and oxygen atoms in total. The number of hydrogen-bond donors (Lipinski definition) is 2. The van der Waals surface area contributed by atoms with E-state index in [1.807, 2.05) is 61.5 Å². The molecule has 3 aromatic rings. The lowest BCUT2D eigenvalue weighted by atomic mass is 10.1. The van der Waals surface area contributed by atoms with E-state index in [9.17, 15) is 4.79 Å². The smallest absolute Gasteiger partial charge is 0.255 e. The Kier molecular flexibility index (Phi) is 4.72. The van der Waals surface area contributed by atoms with Crippen LogP contribution >= 0.6 is 0 Å². The molecule has 0 aliphatic heterocycles. The molecule has 0 saturated carbocycles. The molecule has 1 heterocycles. The first-order valence-corrected chi connectivity index (χ1v) is 7.80. The number of benzene rings is 2. The number of nitrogens with zero attached hydrogens (tertiary/aromatic N) is 2. The van der Waals surface area contributed by atoms with E-state index in [4.69, 9.17) is 5.11 Å². The van der Waals surface area contributed by atoms with Crippen LogP contribution in [0.25, 0.3) is 16.9 Å². The van der Waals surface area contributed by atoms with E-state index in [-0.39, 0.29) is 19.1 Å². The molecule has 1 amide bonds. The third-order valence-corrected chi connectivity index (χ3v) is 3.70. The Labute approximate surface area is 140 Å². The average Bonchev–Trinajstić information content (AvgIpc) is 3.06. The SMILES string of the molecule is Cc1ccc(-n2cc(C(=O)NCCO)c(-c3ccccc3)n2)cc1. The van der Waals surface area contributed by atoms with Crippen LogP contribution in [0.1, 0.15) is 15.9 Å². The summed E-state index contributed by atoms with van der Waals surface area (Å²) in [6.07, 6.45) is 1.72. The van der Waals surface area contributed by atoms with E-state index in [1.54, 1.807) is 10.9 Å². The first kappa shape index (κ1) is 16.0. The predicted molar refractivity (Wildman–Crippen MR) is 93.2 cm³/mol. The third-order valence-electron chi connectivity index (χ3n) is 3.70. The normalized spacial score (nSPS) is 10.6. The second kappa shape index (κ2) is 7.10. The zero-order chi connectivity index (χ0) is 16.9. The summed E-state index contributed by atoms with van der Waals surface area (Å²) in [5, 5.41) is 16.2. The number of aliphatic hydroxyl groups is 1. The number of carbonyl (C=O) groups excluding carboxylic acids is 1. The monoisotopic (exact) mass is 321 g/mol. The number of rotatable bonds is 5. The highest BCUT2D eigenvalue weighted by atomic mass is 16.3. The molecule has 2 aromatic carbocycles. The summed E-state index contributed by atoms with van der Waals surface area (Å²) in [5.74, 6) is -0.249. The maximum atomic E-state index is 12.4. The Morgan fingerprint density at radius 2 is 1.83 bits per heavy atom. The molecule has 0 aliphatic rings. The Balaban J connectivity index is 2.05. The third kappa shape index (κ3) is 3.36. The lowest BCUT2D eigenvalue weighted by molar-refractivity contribution is 0.0945. The van der Waals surface area contributed by atoms with Gasteiger partial charge >= 0.3 is 0 Å². The minimum absolute atomic E-state index is 0.0987. The molecule has 0 unspecified atom stereocenters. The quantitative estimate of drug-likeness (QED) is 0.759. The highest BCUT2D eigenvalue weighted by Gasteiger charge is 2.18. The maximum absolute atomic E-state index is 12.4. The topological polar surface area (TPSA) is 67.2 Å². The fourth-order valence-electron chi connectivity index (χ4n) is 2.44. The van der Waals surface area contributed by atoms with Gasteiger partial charge in [0.25, 0.3) is 5.91 Å². The molecule has 0 aliphatic carbocycles. The summed E-state index contributed by atoms with van der Waals surface area (Å²) in [6.45, 7) is 2.14. The van der Waals surface area contributed by atoms with Gasteiger partial charge in [-0.05, 0) is 19.1 Å². The Morgan fingerprint density at radius 3 is 2.50 bits per heavy atom. The van der Waals surface area contributed by atoms with Crippen molar-refractivity contribution in [3.63, 3.8) is 0 Å².